The monoisotopic (exact) mass is 487 g/mol. The standard InChI is InChI=1S/C34H37N3/c1-23-21-24(2)31(25(3)22-23)33-35-37(28-17-12-9-13-18-28)30-20-14-19-29(34(5,6)7)32(30)36(33)26(4)27-15-10-8-11-16-27/h8-22,26H,1-7H3. The minimum absolute atomic E-state index is 0.0534. The SMILES string of the molecule is Cc1cc(C)c(C2=NN(c3ccccc3)c3cccc(C(C)(C)C)c3N2C(C)c2ccccc2)c(C)c1. The van der Waals surface area contributed by atoms with Crippen LogP contribution in [0, 0.1) is 20.8 Å². The number of para-hydroxylation sites is 2. The second kappa shape index (κ2) is 9.55. The van der Waals surface area contributed by atoms with E-state index in [1.165, 1.54) is 39.1 Å². The molecule has 3 nitrogen and oxygen atoms in total. The van der Waals surface area contributed by atoms with Gasteiger partial charge in [-0.1, -0.05) is 99.1 Å². The zero-order chi connectivity index (χ0) is 26.3. The molecule has 3 heteroatoms. The van der Waals surface area contributed by atoms with Crippen LogP contribution < -0.4 is 9.91 Å². The van der Waals surface area contributed by atoms with Gasteiger partial charge in [0.05, 0.1) is 23.1 Å². The third-order valence-electron chi connectivity index (χ3n) is 7.29. The van der Waals surface area contributed by atoms with E-state index in [0.29, 0.717) is 0 Å². The number of rotatable bonds is 4. The van der Waals surface area contributed by atoms with Crippen LogP contribution in [0.15, 0.2) is 96.1 Å². The molecule has 1 aliphatic heterocycles. The number of benzene rings is 4. The van der Waals surface area contributed by atoms with Crippen LogP contribution >= 0.6 is 0 Å². The lowest BCUT2D eigenvalue weighted by molar-refractivity contribution is 0.586. The van der Waals surface area contributed by atoms with Crippen LogP contribution in [0.5, 0.6) is 0 Å². The summed E-state index contributed by atoms with van der Waals surface area (Å²) >= 11 is 0. The molecule has 1 aliphatic rings. The van der Waals surface area contributed by atoms with E-state index < -0.39 is 0 Å². The molecule has 0 saturated carbocycles. The molecule has 188 valence electrons. The number of hydrogen-bond acceptors (Lipinski definition) is 3. The molecule has 0 N–H and O–H groups in total. The molecule has 0 radical (unpaired) electrons. The van der Waals surface area contributed by atoms with Gasteiger partial charge in [0.2, 0.25) is 0 Å². The van der Waals surface area contributed by atoms with Crippen molar-refractivity contribution < 1.29 is 0 Å². The fourth-order valence-electron chi connectivity index (χ4n) is 5.59. The molecule has 0 fully saturated rings. The summed E-state index contributed by atoms with van der Waals surface area (Å²) in [5.74, 6) is 0.986. The van der Waals surface area contributed by atoms with Crippen LogP contribution in [-0.2, 0) is 5.41 Å². The number of aryl methyl sites for hydroxylation is 3. The van der Waals surface area contributed by atoms with Crippen molar-refractivity contribution in [1.82, 2.24) is 0 Å². The van der Waals surface area contributed by atoms with Crippen LogP contribution in [-0.4, -0.2) is 5.84 Å². The van der Waals surface area contributed by atoms with Crippen molar-refractivity contribution in [2.75, 3.05) is 9.91 Å². The fourth-order valence-corrected chi connectivity index (χ4v) is 5.59. The van der Waals surface area contributed by atoms with Gasteiger partial charge in [0.25, 0.3) is 0 Å². The lowest BCUT2D eigenvalue weighted by Gasteiger charge is -2.43. The number of amidine groups is 1. The first-order valence-electron chi connectivity index (χ1n) is 13.2. The van der Waals surface area contributed by atoms with Crippen molar-refractivity contribution in [3.8, 4) is 0 Å². The summed E-state index contributed by atoms with van der Waals surface area (Å²) in [4.78, 5) is 2.48. The summed E-state index contributed by atoms with van der Waals surface area (Å²) < 4.78 is 0. The Morgan fingerprint density at radius 1 is 0.730 bits per heavy atom. The Morgan fingerprint density at radius 3 is 1.92 bits per heavy atom. The van der Waals surface area contributed by atoms with Crippen molar-refractivity contribution >= 4 is 22.9 Å². The van der Waals surface area contributed by atoms with E-state index in [9.17, 15) is 0 Å². The Kier molecular flexibility index (Phi) is 6.41. The average Bonchev–Trinajstić information content (AvgIpc) is 2.87. The van der Waals surface area contributed by atoms with Crippen LogP contribution in [0.2, 0.25) is 0 Å². The van der Waals surface area contributed by atoms with E-state index in [2.05, 4.69) is 149 Å². The van der Waals surface area contributed by atoms with Gasteiger partial charge >= 0.3 is 0 Å². The molecule has 0 spiro atoms. The third kappa shape index (κ3) is 4.55. The smallest absolute Gasteiger partial charge is 0.162 e. The van der Waals surface area contributed by atoms with Gasteiger partial charge in [0.1, 0.15) is 0 Å². The Labute approximate surface area is 222 Å². The maximum absolute atomic E-state index is 5.44. The van der Waals surface area contributed by atoms with Gasteiger partial charge < -0.3 is 4.90 Å². The Morgan fingerprint density at radius 2 is 1.32 bits per heavy atom. The van der Waals surface area contributed by atoms with Crippen LogP contribution in [0.3, 0.4) is 0 Å². The molecule has 0 aromatic heterocycles. The largest absolute Gasteiger partial charge is 0.315 e. The lowest BCUT2D eigenvalue weighted by atomic mass is 9.83. The summed E-state index contributed by atoms with van der Waals surface area (Å²) in [6, 6.07) is 32.6. The molecule has 0 aliphatic carbocycles. The highest BCUT2D eigenvalue weighted by molar-refractivity contribution is 6.16. The summed E-state index contributed by atoms with van der Waals surface area (Å²) in [7, 11) is 0. The molecule has 37 heavy (non-hydrogen) atoms. The highest BCUT2D eigenvalue weighted by Gasteiger charge is 2.37. The molecule has 4 aromatic carbocycles. The molecule has 0 bridgehead atoms. The predicted octanol–water partition coefficient (Wildman–Crippen LogP) is 8.99. The molecule has 4 aromatic rings. The second-order valence-corrected chi connectivity index (χ2v) is 11.2. The summed E-state index contributed by atoms with van der Waals surface area (Å²) in [6.45, 7) is 15.8. The Balaban J connectivity index is 1.87. The molecule has 5 rings (SSSR count). The number of nitrogens with zero attached hydrogens (tertiary/aromatic N) is 3. The van der Waals surface area contributed by atoms with Gasteiger partial charge in [-0.15, -0.1) is 5.10 Å². The van der Waals surface area contributed by atoms with Gasteiger partial charge in [-0.05, 0) is 73.6 Å². The van der Waals surface area contributed by atoms with Gasteiger partial charge in [-0.2, -0.15) is 0 Å². The van der Waals surface area contributed by atoms with E-state index in [-0.39, 0.29) is 11.5 Å². The normalized spacial score (nSPS) is 14.3. The van der Waals surface area contributed by atoms with Crippen LogP contribution in [0.25, 0.3) is 0 Å². The second-order valence-electron chi connectivity index (χ2n) is 11.2. The molecule has 1 heterocycles. The van der Waals surface area contributed by atoms with Gasteiger partial charge in [-0.25, -0.2) is 5.01 Å². The number of hydrogen-bond donors (Lipinski definition) is 0. The molecular weight excluding hydrogens is 450 g/mol. The van der Waals surface area contributed by atoms with Crippen molar-refractivity contribution in [2.24, 2.45) is 5.10 Å². The minimum Gasteiger partial charge on any atom is -0.315 e. The Hall–Kier alpha value is -3.85. The fraction of sp³-hybridized carbons (Fsp3) is 0.265. The van der Waals surface area contributed by atoms with Crippen molar-refractivity contribution in [3.05, 3.63) is 124 Å². The lowest BCUT2D eigenvalue weighted by Crippen LogP contribution is -2.42. The molecule has 1 unspecified atom stereocenters. The highest BCUT2D eigenvalue weighted by atomic mass is 15.5. The Bertz CT molecular complexity index is 1420. The minimum atomic E-state index is -0.0534. The molecule has 0 amide bonds. The van der Waals surface area contributed by atoms with E-state index in [1.54, 1.807) is 0 Å². The maximum atomic E-state index is 5.44. The van der Waals surface area contributed by atoms with E-state index in [4.69, 9.17) is 5.10 Å². The van der Waals surface area contributed by atoms with E-state index in [1.807, 2.05) is 0 Å². The first kappa shape index (κ1) is 24.8. The summed E-state index contributed by atoms with van der Waals surface area (Å²) in [6.07, 6.45) is 0. The molecular formula is C34H37N3. The number of hydrazone groups is 1. The predicted molar refractivity (Wildman–Crippen MR) is 158 cm³/mol. The van der Waals surface area contributed by atoms with Gasteiger partial charge in [-0.3, -0.25) is 0 Å². The van der Waals surface area contributed by atoms with E-state index >= 15 is 0 Å². The van der Waals surface area contributed by atoms with E-state index in [0.717, 1.165) is 17.2 Å². The van der Waals surface area contributed by atoms with Crippen LogP contribution in [0.1, 0.15) is 67.1 Å². The number of anilines is 3. The zero-order valence-corrected chi connectivity index (χ0v) is 23.1. The molecule has 1 atom stereocenters. The topological polar surface area (TPSA) is 18.8 Å². The van der Waals surface area contributed by atoms with Crippen LogP contribution in [0.4, 0.5) is 17.1 Å². The van der Waals surface area contributed by atoms with Crippen molar-refractivity contribution in [1.29, 1.82) is 0 Å². The first-order valence-corrected chi connectivity index (χ1v) is 13.2. The number of fused-ring (bicyclic) bond motifs is 1. The van der Waals surface area contributed by atoms with Crippen molar-refractivity contribution in [2.45, 2.75) is 59.9 Å². The zero-order valence-electron chi connectivity index (χ0n) is 23.1. The highest BCUT2D eigenvalue weighted by Crippen LogP contribution is 2.48. The quantitative estimate of drug-likeness (QED) is 0.286. The maximum Gasteiger partial charge on any atom is 0.162 e. The first-order chi connectivity index (χ1) is 17.7. The average molecular weight is 488 g/mol. The van der Waals surface area contributed by atoms with Gasteiger partial charge in [0.15, 0.2) is 5.84 Å². The van der Waals surface area contributed by atoms with Gasteiger partial charge in [0, 0.05) is 5.56 Å². The molecule has 0 saturated heterocycles. The third-order valence-corrected chi connectivity index (χ3v) is 7.29. The summed E-state index contributed by atoms with van der Waals surface area (Å²) in [5.41, 5.74) is 10.9. The van der Waals surface area contributed by atoms with Crippen molar-refractivity contribution in [3.63, 3.8) is 0 Å². The summed E-state index contributed by atoms with van der Waals surface area (Å²) in [5, 5.41) is 7.57.